The predicted octanol–water partition coefficient (Wildman–Crippen LogP) is 4.13. The summed E-state index contributed by atoms with van der Waals surface area (Å²) in [5.41, 5.74) is 7.52. The Balaban J connectivity index is 2.18. The predicted molar refractivity (Wildman–Crippen MR) is 80.4 cm³/mol. The summed E-state index contributed by atoms with van der Waals surface area (Å²) in [4.78, 5) is 10.5. The Morgan fingerprint density at radius 3 is 2.35 bits per heavy atom. The minimum absolute atomic E-state index is 0.135. The summed E-state index contributed by atoms with van der Waals surface area (Å²) in [5, 5.41) is 10.9. The van der Waals surface area contributed by atoms with Crippen molar-refractivity contribution >= 4 is 5.69 Å². The molecule has 2 rings (SSSR count). The first-order valence-electron chi connectivity index (χ1n) is 7.48. The molecule has 0 radical (unpaired) electrons. The Labute approximate surface area is 120 Å². The normalized spacial score (nSPS) is 19.4. The lowest BCUT2D eigenvalue weighted by molar-refractivity contribution is -0.385. The minimum Gasteiger partial charge on any atom is -0.321 e. The van der Waals surface area contributed by atoms with E-state index in [-0.39, 0.29) is 16.1 Å². The molecule has 1 saturated carbocycles. The molecule has 2 N–H and O–H groups in total. The molecular formula is C16H24N2O2. The highest BCUT2D eigenvalue weighted by Gasteiger charge is 2.51. The maximum Gasteiger partial charge on any atom is 0.269 e. The second-order valence-corrected chi connectivity index (χ2v) is 6.32. The van der Waals surface area contributed by atoms with Crippen molar-refractivity contribution in [2.75, 3.05) is 0 Å². The van der Waals surface area contributed by atoms with Crippen molar-refractivity contribution in [3.63, 3.8) is 0 Å². The van der Waals surface area contributed by atoms with E-state index in [1.807, 2.05) is 6.07 Å². The minimum atomic E-state index is -0.379. The van der Waals surface area contributed by atoms with Gasteiger partial charge in [0.25, 0.3) is 5.69 Å². The summed E-state index contributed by atoms with van der Waals surface area (Å²) in [6, 6.07) is 6.83. The number of rotatable bonds is 6. The standard InChI is InChI=1S/C16H24N2O2/c1-3-8-15(9-4-2)11-16(17,12-15)13-6-5-7-14(10-13)18(19)20/h5-7,10H,3-4,8-9,11-12,17H2,1-2H3. The van der Waals surface area contributed by atoms with Crippen molar-refractivity contribution in [3.05, 3.63) is 39.9 Å². The van der Waals surface area contributed by atoms with Gasteiger partial charge in [0, 0.05) is 17.7 Å². The van der Waals surface area contributed by atoms with Gasteiger partial charge in [0.2, 0.25) is 0 Å². The third-order valence-corrected chi connectivity index (χ3v) is 4.57. The van der Waals surface area contributed by atoms with E-state index in [4.69, 9.17) is 5.73 Å². The van der Waals surface area contributed by atoms with Gasteiger partial charge in [-0.05, 0) is 36.7 Å². The molecule has 0 aliphatic heterocycles. The summed E-state index contributed by atoms with van der Waals surface area (Å²) >= 11 is 0. The number of benzene rings is 1. The topological polar surface area (TPSA) is 69.2 Å². The highest BCUT2D eigenvalue weighted by molar-refractivity contribution is 5.39. The molecule has 4 heteroatoms. The molecule has 0 amide bonds. The van der Waals surface area contributed by atoms with Crippen molar-refractivity contribution in [2.45, 2.75) is 57.9 Å². The molecule has 1 aromatic rings. The van der Waals surface area contributed by atoms with Crippen LogP contribution in [0.4, 0.5) is 5.69 Å². The van der Waals surface area contributed by atoms with Crippen molar-refractivity contribution in [3.8, 4) is 0 Å². The SMILES string of the molecule is CCCC1(CCC)CC(N)(c2cccc([N+](=O)[O-])c2)C1. The number of nitro benzene ring substituents is 1. The van der Waals surface area contributed by atoms with E-state index in [1.54, 1.807) is 12.1 Å². The first-order valence-corrected chi connectivity index (χ1v) is 7.48. The van der Waals surface area contributed by atoms with E-state index in [2.05, 4.69) is 13.8 Å². The molecule has 0 heterocycles. The van der Waals surface area contributed by atoms with Crippen LogP contribution < -0.4 is 5.73 Å². The van der Waals surface area contributed by atoms with Gasteiger partial charge in [0.1, 0.15) is 0 Å². The second-order valence-electron chi connectivity index (χ2n) is 6.32. The Morgan fingerprint density at radius 2 is 1.85 bits per heavy atom. The van der Waals surface area contributed by atoms with Crippen LogP contribution in [0.15, 0.2) is 24.3 Å². The average molecular weight is 276 g/mol. The summed E-state index contributed by atoms with van der Waals surface area (Å²) < 4.78 is 0. The fourth-order valence-electron chi connectivity index (χ4n) is 3.96. The lowest BCUT2D eigenvalue weighted by atomic mass is 9.52. The maximum absolute atomic E-state index is 10.9. The number of non-ortho nitro benzene ring substituents is 1. The van der Waals surface area contributed by atoms with Crippen LogP contribution in [0, 0.1) is 15.5 Å². The van der Waals surface area contributed by atoms with Gasteiger partial charge in [-0.3, -0.25) is 10.1 Å². The molecule has 0 spiro atoms. The van der Waals surface area contributed by atoms with Crippen molar-refractivity contribution in [1.82, 2.24) is 0 Å². The van der Waals surface area contributed by atoms with Gasteiger partial charge in [0.15, 0.2) is 0 Å². The smallest absolute Gasteiger partial charge is 0.269 e. The lowest BCUT2D eigenvalue weighted by Gasteiger charge is -2.55. The van der Waals surface area contributed by atoms with Crippen LogP contribution >= 0.6 is 0 Å². The quantitative estimate of drug-likeness (QED) is 0.627. The van der Waals surface area contributed by atoms with Gasteiger partial charge < -0.3 is 5.73 Å². The van der Waals surface area contributed by atoms with Crippen molar-refractivity contribution < 1.29 is 4.92 Å². The number of nitro groups is 1. The van der Waals surface area contributed by atoms with E-state index < -0.39 is 0 Å². The largest absolute Gasteiger partial charge is 0.321 e. The lowest BCUT2D eigenvalue weighted by Crippen LogP contribution is -2.55. The highest BCUT2D eigenvalue weighted by Crippen LogP contribution is 2.57. The third-order valence-electron chi connectivity index (χ3n) is 4.57. The molecule has 0 unspecified atom stereocenters. The molecule has 0 saturated heterocycles. The molecule has 1 fully saturated rings. The summed E-state index contributed by atoms with van der Waals surface area (Å²) in [7, 11) is 0. The molecule has 1 aromatic carbocycles. The van der Waals surface area contributed by atoms with Gasteiger partial charge in [-0.1, -0.05) is 38.8 Å². The van der Waals surface area contributed by atoms with Crippen LogP contribution in [0.25, 0.3) is 0 Å². The Bertz CT molecular complexity index is 485. The van der Waals surface area contributed by atoms with Gasteiger partial charge in [-0.2, -0.15) is 0 Å². The van der Waals surface area contributed by atoms with Gasteiger partial charge >= 0.3 is 0 Å². The number of nitrogens with zero attached hydrogens (tertiary/aromatic N) is 1. The first-order chi connectivity index (χ1) is 9.45. The van der Waals surface area contributed by atoms with Crippen LogP contribution in [-0.2, 0) is 5.54 Å². The molecule has 1 aliphatic rings. The second kappa shape index (κ2) is 5.52. The van der Waals surface area contributed by atoms with Crippen molar-refractivity contribution in [2.24, 2.45) is 11.1 Å². The van der Waals surface area contributed by atoms with Crippen LogP contribution in [0.3, 0.4) is 0 Å². The molecule has 110 valence electrons. The van der Waals surface area contributed by atoms with E-state index in [9.17, 15) is 10.1 Å². The van der Waals surface area contributed by atoms with Gasteiger partial charge in [-0.25, -0.2) is 0 Å². The third kappa shape index (κ3) is 2.70. The summed E-state index contributed by atoms with van der Waals surface area (Å²) in [6.45, 7) is 4.42. The molecular weight excluding hydrogens is 252 g/mol. The fraction of sp³-hybridized carbons (Fsp3) is 0.625. The first kappa shape index (κ1) is 15.0. The fourth-order valence-corrected chi connectivity index (χ4v) is 3.96. The van der Waals surface area contributed by atoms with Crippen LogP contribution in [-0.4, -0.2) is 4.92 Å². The molecule has 0 aromatic heterocycles. The molecule has 20 heavy (non-hydrogen) atoms. The zero-order valence-corrected chi connectivity index (χ0v) is 12.4. The molecule has 0 atom stereocenters. The number of nitrogens with two attached hydrogens (primary N) is 1. The summed E-state index contributed by atoms with van der Waals surface area (Å²) in [6.07, 6.45) is 6.64. The van der Waals surface area contributed by atoms with E-state index in [1.165, 1.54) is 31.7 Å². The zero-order chi connectivity index (χ0) is 14.8. The zero-order valence-electron chi connectivity index (χ0n) is 12.4. The van der Waals surface area contributed by atoms with E-state index in [0.29, 0.717) is 5.41 Å². The Kier molecular flexibility index (Phi) is 4.14. The molecule has 0 bridgehead atoms. The Hall–Kier alpha value is -1.42. The van der Waals surface area contributed by atoms with Crippen LogP contribution in [0.2, 0.25) is 0 Å². The maximum atomic E-state index is 10.9. The average Bonchev–Trinajstić information content (AvgIpc) is 2.37. The van der Waals surface area contributed by atoms with Gasteiger partial charge in [0.05, 0.1) is 4.92 Å². The van der Waals surface area contributed by atoms with Gasteiger partial charge in [-0.15, -0.1) is 0 Å². The van der Waals surface area contributed by atoms with Crippen molar-refractivity contribution in [1.29, 1.82) is 0 Å². The monoisotopic (exact) mass is 276 g/mol. The van der Waals surface area contributed by atoms with Crippen LogP contribution in [0.1, 0.15) is 57.9 Å². The Morgan fingerprint density at radius 1 is 1.25 bits per heavy atom. The van der Waals surface area contributed by atoms with E-state index >= 15 is 0 Å². The molecule has 4 nitrogen and oxygen atoms in total. The van der Waals surface area contributed by atoms with Crippen LogP contribution in [0.5, 0.6) is 0 Å². The number of hydrogen-bond acceptors (Lipinski definition) is 3. The van der Waals surface area contributed by atoms with E-state index in [0.717, 1.165) is 18.4 Å². The highest BCUT2D eigenvalue weighted by atomic mass is 16.6. The summed E-state index contributed by atoms with van der Waals surface area (Å²) in [5.74, 6) is 0. The number of hydrogen-bond donors (Lipinski definition) is 1. The molecule has 1 aliphatic carbocycles.